The smallest absolute Gasteiger partial charge is 0.0421 e. The molecule has 2 aromatic carbocycles. The minimum atomic E-state index is 0.769. The van der Waals surface area contributed by atoms with Gasteiger partial charge in [0.2, 0.25) is 0 Å². The van der Waals surface area contributed by atoms with Crippen LogP contribution in [0.5, 0.6) is 0 Å². The molecule has 0 amide bonds. The van der Waals surface area contributed by atoms with E-state index in [2.05, 4.69) is 5.32 Å². The quantitative estimate of drug-likeness (QED) is 0.612. The lowest BCUT2D eigenvalue weighted by atomic mass is 9.97. The molecule has 0 bridgehead atoms. The summed E-state index contributed by atoms with van der Waals surface area (Å²) in [7, 11) is 0. The monoisotopic (exact) mass is 249 g/mol. The molecule has 80 valence electrons. The number of hydrogen-bond acceptors (Lipinski definition) is 1. The molecule has 1 nitrogen and oxygen atoms in total. The predicted octanol–water partition coefficient (Wildman–Crippen LogP) is 4.64. The lowest BCUT2D eigenvalue weighted by molar-refractivity contribution is 1.16. The average Bonchev–Trinajstić information content (AvgIpc) is 2.26. The Morgan fingerprint density at radius 1 is 0.812 bits per heavy atom. The summed E-state index contributed by atoms with van der Waals surface area (Å²) in [6.07, 6.45) is 0.874. The highest BCUT2D eigenvalue weighted by atomic mass is 35.5. The summed E-state index contributed by atoms with van der Waals surface area (Å²) < 4.78 is 0. The number of nitrogens with one attached hydrogen (secondary N) is 1. The van der Waals surface area contributed by atoms with Crippen molar-refractivity contribution in [3.8, 4) is 0 Å². The van der Waals surface area contributed by atoms with E-state index in [1.807, 2.05) is 36.4 Å². The fourth-order valence-electron chi connectivity index (χ4n) is 2.01. The van der Waals surface area contributed by atoms with E-state index in [0.717, 1.165) is 27.8 Å². The van der Waals surface area contributed by atoms with Crippen molar-refractivity contribution < 1.29 is 0 Å². The largest absolute Gasteiger partial charge is 0.355 e. The molecule has 1 aliphatic rings. The first-order valence-electron chi connectivity index (χ1n) is 5.06. The highest BCUT2D eigenvalue weighted by molar-refractivity contribution is 6.31. The third-order valence-corrected chi connectivity index (χ3v) is 3.26. The summed E-state index contributed by atoms with van der Waals surface area (Å²) in [5.74, 6) is 0. The molecule has 0 radical (unpaired) electrons. The SMILES string of the molecule is Clc1ccc2c(c1)Cc1cc(Cl)ccc1N2. The van der Waals surface area contributed by atoms with Crippen LogP contribution >= 0.6 is 23.2 Å². The molecule has 0 aromatic heterocycles. The van der Waals surface area contributed by atoms with Crippen LogP contribution in [-0.2, 0) is 6.42 Å². The first-order chi connectivity index (χ1) is 7.72. The van der Waals surface area contributed by atoms with E-state index in [-0.39, 0.29) is 0 Å². The Kier molecular flexibility index (Phi) is 2.31. The van der Waals surface area contributed by atoms with Gasteiger partial charge in [-0.05, 0) is 47.5 Å². The van der Waals surface area contributed by atoms with Crippen LogP contribution in [0.2, 0.25) is 10.0 Å². The summed E-state index contributed by atoms with van der Waals surface area (Å²) in [6.45, 7) is 0. The molecule has 0 unspecified atom stereocenters. The van der Waals surface area contributed by atoms with E-state index in [1.165, 1.54) is 11.1 Å². The standard InChI is InChI=1S/C13H9Cl2N/c14-10-1-3-12-8(6-10)5-9-7-11(15)2-4-13(9)16-12/h1-4,6-7,16H,5H2. The fourth-order valence-corrected chi connectivity index (χ4v) is 2.40. The molecule has 1 heterocycles. The van der Waals surface area contributed by atoms with Crippen molar-refractivity contribution in [2.75, 3.05) is 5.32 Å². The lowest BCUT2D eigenvalue weighted by Crippen LogP contribution is -2.06. The fraction of sp³-hybridized carbons (Fsp3) is 0.0769. The maximum absolute atomic E-state index is 5.98. The molecule has 0 saturated carbocycles. The molecule has 0 atom stereocenters. The Balaban J connectivity index is 2.10. The highest BCUT2D eigenvalue weighted by Crippen LogP contribution is 2.35. The molecule has 2 aromatic rings. The second kappa shape index (κ2) is 3.69. The minimum Gasteiger partial charge on any atom is -0.355 e. The van der Waals surface area contributed by atoms with Crippen LogP contribution in [0.25, 0.3) is 0 Å². The number of anilines is 2. The number of hydrogen-bond donors (Lipinski definition) is 1. The van der Waals surface area contributed by atoms with Crippen LogP contribution in [-0.4, -0.2) is 0 Å². The van der Waals surface area contributed by atoms with E-state index >= 15 is 0 Å². The zero-order valence-corrected chi connectivity index (χ0v) is 9.94. The summed E-state index contributed by atoms with van der Waals surface area (Å²) in [6, 6.07) is 11.8. The van der Waals surface area contributed by atoms with Crippen LogP contribution in [0.4, 0.5) is 11.4 Å². The number of fused-ring (bicyclic) bond motifs is 2. The molecule has 16 heavy (non-hydrogen) atoms. The first kappa shape index (κ1) is 10.0. The predicted molar refractivity (Wildman–Crippen MR) is 69.0 cm³/mol. The lowest BCUT2D eigenvalue weighted by Gasteiger charge is -2.21. The minimum absolute atomic E-state index is 0.769. The summed E-state index contributed by atoms with van der Waals surface area (Å²) in [5.41, 5.74) is 4.67. The number of rotatable bonds is 0. The van der Waals surface area contributed by atoms with Crippen LogP contribution in [0.1, 0.15) is 11.1 Å². The van der Waals surface area contributed by atoms with Crippen molar-refractivity contribution in [2.45, 2.75) is 6.42 Å². The van der Waals surface area contributed by atoms with Crippen molar-refractivity contribution >= 4 is 34.6 Å². The van der Waals surface area contributed by atoms with Gasteiger partial charge >= 0.3 is 0 Å². The van der Waals surface area contributed by atoms with Crippen LogP contribution in [0.3, 0.4) is 0 Å². The van der Waals surface area contributed by atoms with E-state index in [4.69, 9.17) is 23.2 Å². The third-order valence-electron chi connectivity index (χ3n) is 2.78. The van der Waals surface area contributed by atoms with Gasteiger partial charge in [0.05, 0.1) is 0 Å². The second-order valence-electron chi connectivity index (χ2n) is 3.90. The van der Waals surface area contributed by atoms with Gasteiger partial charge in [0.15, 0.2) is 0 Å². The molecule has 1 aliphatic heterocycles. The first-order valence-corrected chi connectivity index (χ1v) is 5.82. The topological polar surface area (TPSA) is 12.0 Å². The van der Waals surface area contributed by atoms with E-state index < -0.39 is 0 Å². The molecule has 0 saturated heterocycles. The number of halogens is 2. The number of benzene rings is 2. The molecule has 3 rings (SSSR count). The van der Waals surface area contributed by atoms with E-state index in [9.17, 15) is 0 Å². The van der Waals surface area contributed by atoms with Crippen molar-refractivity contribution in [1.29, 1.82) is 0 Å². The van der Waals surface area contributed by atoms with Gasteiger partial charge in [-0.15, -0.1) is 0 Å². The Morgan fingerprint density at radius 3 is 1.81 bits per heavy atom. The Morgan fingerprint density at radius 2 is 1.31 bits per heavy atom. The van der Waals surface area contributed by atoms with E-state index in [0.29, 0.717) is 0 Å². The van der Waals surface area contributed by atoms with Gasteiger partial charge < -0.3 is 5.32 Å². The van der Waals surface area contributed by atoms with E-state index in [1.54, 1.807) is 0 Å². The molecule has 0 aliphatic carbocycles. The Bertz CT molecular complexity index is 514. The molecular formula is C13H9Cl2N. The summed E-state index contributed by atoms with van der Waals surface area (Å²) in [5, 5.41) is 4.92. The molecule has 3 heteroatoms. The summed E-state index contributed by atoms with van der Waals surface area (Å²) in [4.78, 5) is 0. The van der Waals surface area contributed by atoms with Crippen molar-refractivity contribution in [2.24, 2.45) is 0 Å². The second-order valence-corrected chi connectivity index (χ2v) is 4.78. The van der Waals surface area contributed by atoms with Gasteiger partial charge in [-0.2, -0.15) is 0 Å². The van der Waals surface area contributed by atoms with Crippen LogP contribution in [0, 0.1) is 0 Å². The highest BCUT2D eigenvalue weighted by Gasteiger charge is 2.14. The molecular weight excluding hydrogens is 241 g/mol. The molecule has 0 spiro atoms. The maximum Gasteiger partial charge on any atom is 0.0421 e. The van der Waals surface area contributed by atoms with Gasteiger partial charge in [0.1, 0.15) is 0 Å². The van der Waals surface area contributed by atoms with Gasteiger partial charge in [-0.3, -0.25) is 0 Å². The maximum atomic E-state index is 5.98. The molecule has 0 fully saturated rings. The van der Waals surface area contributed by atoms with Gasteiger partial charge in [0.25, 0.3) is 0 Å². The third kappa shape index (κ3) is 1.66. The van der Waals surface area contributed by atoms with Gasteiger partial charge in [0, 0.05) is 27.8 Å². The summed E-state index contributed by atoms with van der Waals surface area (Å²) >= 11 is 12.0. The zero-order chi connectivity index (χ0) is 11.1. The van der Waals surface area contributed by atoms with Crippen molar-refractivity contribution in [1.82, 2.24) is 0 Å². The Labute approximate surface area is 104 Å². The average molecular weight is 250 g/mol. The zero-order valence-electron chi connectivity index (χ0n) is 8.43. The van der Waals surface area contributed by atoms with Crippen LogP contribution in [0.15, 0.2) is 36.4 Å². The Hall–Kier alpha value is -1.18. The van der Waals surface area contributed by atoms with Gasteiger partial charge in [-0.1, -0.05) is 23.2 Å². The van der Waals surface area contributed by atoms with Crippen molar-refractivity contribution in [3.05, 3.63) is 57.6 Å². The van der Waals surface area contributed by atoms with Crippen LogP contribution < -0.4 is 5.32 Å². The van der Waals surface area contributed by atoms with Gasteiger partial charge in [-0.25, -0.2) is 0 Å². The van der Waals surface area contributed by atoms with Crippen molar-refractivity contribution in [3.63, 3.8) is 0 Å². The molecule has 1 N–H and O–H groups in total. The normalized spacial score (nSPS) is 12.6.